The van der Waals surface area contributed by atoms with Gasteiger partial charge in [-0.1, -0.05) is 6.42 Å². The van der Waals surface area contributed by atoms with Crippen LogP contribution < -0.4 is 5.32 Å². The van der Waals surface area contributed by atoms with Crippen LogP contribution in [0.1, 0.15) is 37.8 Å². The average Bonchev–Trinajstić information content (AvgIpc) is 2.84. The normalized spacial score (nSPS) is 25.0. The van der Waals surface area contributed by atoms with Gasteiger partial charge in [0.25, 0.3) is 0 Å². The molecule has 0 aliphatic heterocycles. The Bertz CT molecular complexity index is 442. The monoisotopic (exact) mass is 303 g/mol. The Hall–Kier alpha value is -1.04. The molecule has 0 spiro atoms. The molecule has 3 nitrogen and oxygen atoms in total. The van der Waals surface area contributed by atoms with Crippen molar-refractivity contribution >= 4 is 0 Å². The summed E-state index contributed by atoms with van der Waals surface area (Å²) in [5, 5.41) is 7.35. The summed E-state index contributed by atoms with van der Waals surface area (Å²) in [7, 11) is 3.75. The second-order valence-corrected chi connectivity index (χ2v) is 6.05. The standard InChI is InChI=1S/C15H24F3N3/c1-19-14(7-6-13-8-9-20-21(13)2)11-4-3-5-12(10-11)15(16,17)18/h8-9,11-12,14,19H,3-7,10H2,1-2H3. The largest absolute Gasteiger partial charge is 0.391 e. The highest BCUT2D eigenvalue weighted by Gasteiger charge is 2.43. The molecule has 0 radical (unpaired) electrons. The van der Waals surface area contributed by atoms with E-state index in [-0.39, 0.29) is 24.8 Å². The van der Waals surface area contributed by atoms with Gasteiger partial charge in [0, 0.05) is 25.0 Å². The van der Waals surface area contributed by atoms with Crippen molar-refractivity contribution in [1.29, 1.82) is 0 Å². The predicted molar refractivity (Wildman–Crippen MR) is 75.9 cm³/mol. The van der Waals surface area contributed by atoms with E-state index in [1.54, 1.807) is 6.20 Å². The molecule has 2 rings (SSSR count). The van der Waals surface area contributed by atoms with Gasteiger partial charge in [0.1, 0.15) is 0 Å². The van der Waals surface area contributed by atoms with Gasteiger partial charge in [0.05, 0.1) is 5.92 Å². The summed E-state index contributed by atoms with van der Waals surface area (Å²) in [6.45, 7) is 0. The number of nitrogens with zero attached hydrogens (tertiary/aromatic N) is 2. The molecule has 0 amide bonds. The van der Waals surface area contributed by atoms with E-state index in [2.05, 4.69) is 10.4 Å². The van der Waals surface area contributed by atoms with Crippen molar-refractivity contribution in [2.24, 2.45) is 18.9 Å². The minimum Gasteiger partial charge on any atom is -0.317 e. The molecule has 6 heteroatoms. The number of hydrogen-bond donors (Lipinski definition) is 1. The summed E-state index contributed by atoms with van der Waals surface area (Å²) < 4.78 is 40.6. The molecule has 120 valence electrons. The highest BCUT2D eigenvalue weighted by Crippen LogP contribution is 2.41. The van der Waals surface area contributed by atoms with Gasteiger partial charge < -0.3 is 5.32 Å². The number of hydrogen-bond acceptors (Lipinski definition) is 2. The lowest BCUT2D eigenvalue weighted by molar-refractivity contribution is -0.186. The summed E-state index contributed by atoms with van der Waals surface area (Å²) in [4.78, 5) is 0. The molecule has 1 saturated carbocycles. The Morgan fingerprint density at radius 3 is 2.76 bits per heavy atom. The van der Waals surface area contributed by atoms with Crippen LogP contribution in [0.2, 0.25) is 0 Å². The van der Waals surface area contributed by atoms with Gasteiger partial charge in [-0.25, -0.2) is 0 Å². The first-order chi connectivity index (χ1) is 9.91. The summed E-state index contributed by atoms with van der Waals surface area (Å²) in [5.41, 5.74) is 1.12. The molecular formula is C15H24F3N3. The van der Waals surface area contributed by atoms with Crippen molar-refractivity contribution in [1.82, 2.24) is 15.1 Å². The van der Waals surface area contributed by atoms with E-state index in [1.165, 1.54) is 0 Å². The van der Waals surface area contributed by atoms with E-state index >= 15 is 0 Å². The third-order valence-electron chi connectivity index (χ3n) is 4.75. The van der Waals surface area contributed by atoms with Crippen LogP contribution >= 0.6 is 0 Å². The van der Waals surface area contributed by atoms with Gasteiger partial charge in [0.15, 0.2) is 0 Å². The number of halogens is 3. The van der Waals surface area contributed by atoms with Crippen molar-refractivity contribution in [2.45, 2.75) is 50.7 Å². The molecule has 0 aromatic carbocycles. The van der Waals surface area contributed by atoms with Gasteiger partial charge in [-0.2, -0.15) is 18.3 Å². The number of alkyl halides is 3. The van der Waals surface area contributed by atoms with Crippen molar-refractivity contribution in [3.05, 3.63) is 18.0 Å². The molecule has 3 unspecified atom stereocenters. The predicted octanol–water partition coefficient (Wildman–Crippen LogP) is 3.31. The Balaban J connectivity index is 1.92. The number of nitrogens with one attached hydrogen (secondary N) is 1. The topological polar surface area (TPSA) is 29.9 Å². The van der Waals surface area contributed by atoms with E-state index in [1.807, 2.05) is 24.8 Å². The minimum absolute atomic E-state index is 0.114. The van der Waals surface area contributed by atoms with Crippen LogP contribution in [0.3, 0.4) is 0 Å². The molecule has 21 heavy (non-hydrogen) atoms. The maximum atomic E-state index is 12.9. The van der Waals surface area contributed by atoms with E-state index in [9.17, 15) is 13.2 Å². The van der Waals surface area contributed by atoms with E-state index in [0.717, 1.165) is 25.0 Å². The quantitative estimate of drug-likeness (QED) is 0.904. The maximum absolute atomic E-state index is 12.9. The second kappa shape index (κ2) is 6.81. The van der Waals surface area contributed by atoms with Crippen LogP contribution in [0.5, 0.6) is 0 Å². The zero-order valence-corrected chi connectivity index (χ0v) is 12.7. The van der Waals surface area contributed by atoms with Gasteiger partial charge in [-0.05, 0) is 51.1 Å². The van der Waals surface area contributed by atoms with Gasteiger partial charge in [-0.3, -0.25) is 4.68 Å². The molecule has 0 bridgehead atoms. The Morgan fingerprint density at radius 1 is 1.43 bits per heavy atom. The molecule has 3 atom stereocenters. The zero-order valence-electron chi connectivity index (χ0n) is 12.7. The molecule has 1 heterocycles. The van der Waals surface area contributed by atoms with Crippen LogP contribution in [0.15, 0.2) is 12.3 Å². The summed E-state index contributed by atoms with van der Waals surface area (Å²) >= 11 is 0. The van der Waals surface area contributed by atoms with Gasteiger partial charge >= 0.3 is 6.18 Å². The lowest BCUT2D eigenvalue weighted by Gasteiger charge is -2.35. The van der Waals surface area contributed by atoms with E-state index in [4.69, 9.17) is 0 Å². The first-order valence-corrected chi connectivity index (χ1v) is 7.62. The summed E-state index contributed by atoms with van der Waals surface area (Å²) in [6, 6.07) is 2.11. The first-order valence-electron chi connectivity index (χ1n) is 7.62. The lowest BCUT2D eigenvalue weighted by Crippen LogP contribution is -2.39. The van der Waals surface area contributed by atoms with Crippen LogP contribution in [-0.4, -0.2) is 29.0 Å². The molecular weight excluding hydrogens is 279 g/mol. The average molecular weight is 303 g/mol. The van der Waals surface area contributed by atoms with Crippen LogP contribution in [-0.2, 0) is 13.5 Å². The first kappa shape index (κ1) is 16.3. The zero-order chi connectivity index (χ0) is 15.5. The Kier molecular flexibility index (Phi) is 5.30. The smallest absolute Gasteiger partial charge is 0.317 e. The van der Waals surface area contributed by atoms with Gasteiger partial charge in [0.2, 0.25) is 0 Å². The van der Waals surface area contributed by atoms with E-state index in [0.29, 0.717) is 6.42 Å². The molecule has 1 aromatic rings. The molecule has 1 aliphatic rings. The number of aryl methyl sites for hydroxylation is 2. The lowest BCUT2D eigenvalue weighted by atomic mass is 9.76. The molecule has 1 fully saturated rings. The van der Waals surface area contributed by atoms with Gasteiger partial charge in [-0.15, -0.1) is 0 Å². The molecule has 1 N–H and O–H groups in total. The van der Waals surface area contributed by atoms with Crippen molar-refractivity contribution in [2.75, 3.05) is 7.05 Å². The van der Waals surface area contributed by atoms with Crippen molar-refractivity contribution in [3.63, 3.8) is 0 Å². The third kappa shape index (κ3) is 4.22. The molecule has 0 saturated heterocycles. The number of aromatic nitrogens is 2. The third-order valence-corrected chi connectivity index (χ3v) is 4.75. The highest BCUT2D eigenvalue weighted by atomic mass is 19.4. The summed E-state index contributed by atoms with van der Waals surface area (Å²) in [5.74, 6) is -1.01. The van der Waals surface area contributed by atoms with Crippen LogP contribution in [0.25, 0.3) is 0 Å². The fraction of sp³-hybridized carbons (Fsp3) is 0.800. The Morgan fingerprint density at radius 2 is 2.19 bits per heavy atom. The van der Waals surface area contributed by atoms with E-state index < -0.39 is 12.1 Å². The summed E-state index contributed by atoms with van der Waals surface area (Å²) in [6.07, 6.45) is 1.53. The van der Waals surface area contributed by atoms with Crippen LogP contribution in [0, 0.1) is 11.8 Å². The highest BCUT2D eigenvalue weighted by molar-refractivity contribution is 5.01. The fourth-order valence-corrected chi connectivity index (χ4v) is 3.46. The van der Waals surface area contributed by atoms with Crippen molar-refractivity contribution in [3.8, 4) is 0 Å². The molecule has 1 aliphatic carbocycles. The number of rotatable bonds is 5. The Labute approximate surface area is 123 Å². The minimum atomic E-state index is -4.04. The second-order valence-electron chi connectivity index (χ2n) is 6.05. The van der Waals surface area contributed by atoms with Crippen molar-refractivity contribution < 1.29 is 13.2 Å². The van der Waals surface area contributed by atoms with Crippen LogP contribution in [0.4, 0.5) is 13.2 Å². The fourth-order valence-electron chi connectivity index (χ4n) is 3.46. The maximum Gasteiger partial charge on any atom is 0.391 e. The SMILES string of the molecule is CNC(CCc1ccnn1C)C1CCCC(C(F)(F)F)C1. The molecule has 1 aromatic heterocycles.